The van der Waals surface area contributed by atoms with Crippen LogP contribution in [0.5, 0.6) is 0 Å². The first-order valence-corrected chi connectivity index (χ1v) is 7.73. The number of hydrogen-bond acceptors (Lipinski definition) is 4. The maximum absolute atomic E-state index is 11.7. The summed E-state index contributed by atoms with van der Waals surface area (Å²) in [5, 5.41) is 14.3. The van der Waals surface area contributed by atoms with Gasteiger partial charge in [0, 0.05) is 16.3 Å². The van der Waals surface area contributed by atoms with Gasteiger partial charge in [0.2, 0.25) is 0 Å². The Balaban J connectivity index is 1.67. The van der Waals surface area contributed by atoms with E-state index in [0.717, 1.165) is 4.88 Å². The van der Waals surface area contributed by atoms with Gasteiger partial charge in [-0.3, -0.25) is 0 Å². The zero-order chi connectivity index (χ0) is 15.4. The first kappa shape index (κ1) is 15.8. The van der Waals surface area contributed by atoms with Crippen molar-refractivity contribution in [2.75, 3.05) is 6.54 Å². The lowest BCUT2D eigenvalue weighted by Gasteiger charge is -2.12. The van der Waals surface area contributed by atoms with Gasteiger partial charge in [0.15, 0.2) is 6.10 Å². The smallest absolute Gasteiger partial charge is 0.332 e. The standard InChI is InChI=1S/C14H20N2O4S/c1-8-5-11(21-9(8)2)7-16-14(19)15-6-10-3-4-12(20-10)13(17)18/h5,10,12H,3-4,6-7H2,1-2H3,(H,17,18)(H2,15,16,19). The minimum atomic E-state index is -0.939. The number of ether oxygens (including phenoxy) is 1. The monoisotopic (exact) mass is 312 g/mol. The van der Waals surface area contributed by atoms with E-state index in [9.17, 15) is 9.59 Å². The number of aliphatic carboxylic acids is 1. The van der Waals surface area contributed by atoms with Crippen LogP contribution in [0.3, 0.4) is 0 Å². The first-order chi connectivity index (χ1) is 9.95. The van der Waals surface area contributed by atoms with Crippen molar-refractivity contribution in [2.45, 2.75) is 45.4 Å². The molecule has 2 rings (SSSR count). The number of carbonyl (C=O) groups is 2. The minimum Gasteiger partial charge on any atom is -0.479 e. The predicted molar refractivity (Wildman–Crippen MR) is 79.6 cm³/mol. The molecule has 1 aliphatic heterocycles. The molecule has 2 unspecified atom stereocenters. The molecule has 1 saturated heterocycles. The maximum Gasteiger partial charge on any atom is 0.332 e. The van der Waals surface area contributed by atoms with Gasteiger partial charge in [-0.15, -0.1) is 11.3 Å². The average Bonchev–Trinajstić information content (AvgIpc) is 3.02. The Morgan fingerprint density at radius 1 is 1.38 bits per heavy atom. The molecule has 7 heteroatoms. The second-order valence-corrected chi connectivity index (χ2v) is 6.52. The summed E-state index contributed by atoms with van der Waals surface area (Å²) in [6.45, 7) is 4.93. The summed E-state index contributed by atoms with van der Waals surface area (Å²) < 4.78 is 5.32. The molecule has 3 N–H and O–H groups in total. The average molecular weight is 312 g/mol. The van der Waals surface area contributed by atoms with Crippen LogP contribution in [-0.2, 0) is 16.1 Å². The number of aryl methyl sites for hydroxylation is 2. The largest absolute Gasteiger partial charge is 0.479 e. The van der Waals surface area contributed by atoms with Gasteiger partial charge < -0.3 is 20.5 Å². The normalized spacial score (nSPS) is 21.2. The third-order valence-electron chi connectivity index (χ3n) is 3.51. The molecule has 0 spiro atoms. The van der Waals surface area contributed by atoms with Crippen LogP contribution in [0.25, 0.3) is 0 Å². The van der Waals surface area contributed by atoms with Crippen molar-refractivity contribution in [3.05, 3.63) is 21.4 Å². The van der Waals surface area contributed by atoms with Crippen molar-refractivity contribution < 1.29 is 19.4 Å². The van der Waals surface area contributed by atoms with E-state index >= 15 is 0 Å². The molecule has 21 heavy (non-hydrogen) atoms. The molecule has 0 aliphatic carbocycles. The van der Waals surface area contributed by atoms with Gasteiger partial charge in [0.1, 0.15) is 0 Å². The summed E-state index contributed by atoms with van der Waals surface area (Å²) >= 11 is 1.67. The molecule has 116 valence electrons. The Kier molecular flexibility index (Phi) is 5.19. The molecule has 0 radical (unpaired) electrons. The minimum absolute atomic E-state index is 0.219. The van der Waals surface area contributed by atoms with E-state index in [1.54, 1.807) is 11.3 Å². The molecule has 2 amide bonds. The topological polar surface area (TPSA) is 87.7 Å². The van der Waals surface area contributed by atoms with Crippen LogP contribution in [0.2, 0.25) is 0 Å². The highest BCUT2D eigenvalue weighted by Crippen LogP contribution is 2.20. The summed E-state index contributed by atoms with van der Waals surface area (Å²) in [4.78, 5) is 24.8. The van der Waals surface area contributed by atoms with Gasteiger partial charge in [-0.2, -0.15) is 0 Å². The summed E-state index contributed by atoms with van der Waals surface area (Å²) in [5.74, 6) is -0.939. The first-order valence-electron chi connectivity index (χ1n) is 6.91. The van der Waals surface area contributed by atoms with E-state index in [2.05, 4.69) is 23.6 Å². The molecular formula is C14H20N2O4S. The number of carboxylic acids is 1. The molecule has 6 nitrogen and oxygen atoms in total. The molecule has 0 bridgehead atoms. The summed E-state index contributed by atoms with van der Waals surface area (Å²) in [7, 11) is 0. The number of carbonyl (C=O) groups excluding carboxylic acids is 1. The highest BCUT2D eigenvalue weighted by atomic mass is 32.1. The number of carboxylic acid groups (broad SMARTS) is 1. The van der Waals surface area contributed by atoms with Gasteiger partial charge in [-0.05, 0) is 38.3 Å². The van der Waals surface area contributed by atoms with Gasteiger partial charge in [0.25, 0.3) is 0 Å². The van der Waals surface area contributed by atoms with Gasteiger partial charge in [-0.25, -0.2) is 9.59 Å². The maximum atomic E-state index is 11.7. The number of urea groups is 1. The zero-order valence-electron chi connectivity index (χ0n) is 12.1. The SMILES string of the molecule is Cc1cc(CNC(=O)NCC2CCC(C(=O)O)O2)sc1C. The number of nitrogens with one attached hydrogen (secondary N) is 2. The van der Waals surface area contributed by atoms with Gasteiger partial charge in [0.05, 0.1) is 12.6 Å². The molecule has 1 aromatic rings. The lowest BCUT2D eigenvalue weighted by Crippen LogP contribution is -2.39. The lowest BCUT2D eigenvalue weighted by atomic mass is 10.2. The number of amides is 2. The van der Waals surface area contributed by atoms with Crippen molar-refractivity contribution in [1.29, 1.82) is 0 Å². The number of hydrogen-bond donors (Lipinski definition) is 3. The van der Waals surface area contributed by atoms with Crippen LogP contribution in [0.15, 0.2) is 6.07 Å². The van der Waals surface area contributed by atoms with E-state index in [4.69, 9.17) is 9.84 Å². The van der Waals surface area contributed by atoms with Crippen LogP contribution in [0.4, 0.5) is 4.79 Å². The number of rotatable bonds is 5. The Morgan fingerprint density at radius 3 is 2.71 bits per heavy atom. The molecule has 2 atom stereocenters. The van der Waals surface area contributed by atoms with Crippen molar-refractivity contribution in [2.24, 2.45) is 0 Å². The number of thiophene rings is 1. The van der Waals surface area contributed by atoms with E-state index in [1.165, 1.54) is 10.4 Å². The van der Waals surface area contributed by atoms with Crippen molar-refractivity contribution in [3.8, 4) is 0 Å². The summed E-state index contributed by atoms with van der Waals surface area (Å²) in [6, 6.07) is 1.80. The fraction of sp³-hybridized carbons (Fsp3) is 0.571. The predicted octanol–water partition coefficient (Wildman–Crippen LogP) is 1.80. The Hall–Kier alpha value is -1.60. The second-order valence-electron chi connectivity index (χ2n) is 5.18. The Bertz CT molecular complexity index is 510. The van der Waals surface area contributed by atoms with Crippen molar-refractivity contribution >= 4 is 23.3 Å². The van der Waals surface area contributed by atoms with Crippen LogP contribution >= 0.6 is 11.3 Å². The molecule has 2 heterocycles. The van der Waals surface area contributed by atoms with Crippen LogP contribution in [0.1, 0.15) is 28.2 Å². The fourth-order valence-corrected chi connectivity index (χ4v) is 3.20. The zero-order valence-corrected chi connectivity index (χ0v) is 13.0. The Morgan fingerprint density at radius 2 is 2.14 bits per heavy atom. The van der Waals surface area contributed by atoms with Gasteiger partial charge in [-0.1, -0.05) is 0 Å². The molecular weight excluding hydrogens is 292 g/mol. The van der Waals surface area contributed by atoms with Gasteiger partial charge >= 0.3 is 12.0 Å². The molecule has 1 aliphatic rings. The second kappa shape index (κ2) is 6.91. The Labute approximate surface area is 127 Å². The molecule has 1 aromatic heterocycles. The quantitative estimate of drug-likeness (QED) is 0.773. The summed E-state index contributed by atoms with van der Waals surface area (Å²) in [6.07, 6.45) is 0.192. The van der Waals surface area contributed by atoms with Crippen LogP contribution in [-0.4, -0.2) is 35.9 Å². The van der Waals surface area contributed by atoms with E-state index in [1.807, 2.05) is 6.92 Å². The van der Waals surface area contributed by atoms with Crippen LogP contribution < -0.4 is 10.6 Å². The third kappa shape index (κ3) is 4.44. The van der Waals surface area contributed by atoms with E-state index in [0.29, 0.717) is 25.9 Å². The van der Waals surface area contributed by atoms with Crippen molar-refractivity contribution in [1.82, 2.24) is 10.6 Å². The van der Waals surface area contributed by atoms with Crippen molar-refractivity contribution in [3.63, 3.8) is 0 Å². The van der Waals surface area contributed by atoms with E-state index in [-0.39, 0.29) is 12.1 Å². The van der Waals surface area contributed by atoms with E-state index < -0.39 is 12.1 Å². The molecule has 1 fully saturated rings. The molecule has 0 aromatic carbocycles. The molecule has 0 saturated carbocycles. The highest BCUT2D eigenvalue weighted by molar-refractivity contribution is 7.12. The summed E-state index contributed by atoms with van der Waals surface area (Å²) in [5.41, 5.74) is 1.23. The third-order valence-corrected chi connectivity index (χ3v) is 4.67. The highest BCUT2D eigenvalue weighted by Gasteiger charge is 2.30. The fourth-order valence-electron chi connectivity index (χ4n) is 2.21. The lowest BCUT2D eigenvalue weighted by molar-refractivity contribution is -0.149. The van der Waals surface area contributed by atoms with Crippen LogP contribution in [0, 0.1) is 13.8 Å².